The Bertz CT molecular complexity index is 993. The molecule has 0 spiro atoms. The van der Waals surface area contributed by atoms with Crippen LogP contribution in [0, 0.1) is 12.8 Å². The van der Waals surface area contributed by atoms with Gasteiger partial charge in [0.2, 0.25) is 0 Å². The van der Waals surface area contributed by atoms with Crippen molar-refractivity contribution in [3.05, 3.63) is 52.6 Å². The van der Waals surface area contributed by atoms with Crippen LogP contribution in [0.4, 0.5) is 0 Å². The van der Waals surface area contributed by atoms with Crippen molar-refractivity contribution >= 4 is 23.0 Å². The quantitative estimate of drug-likeness (QED) is 0.530. The summed E-state index contributed by atoms with van der Waals surface area (Å²) in [5.74, 6) is -1.66. The summed E-state index contributed by atoms with van der Waals surface area (Å²) in [4.78, 5) is 23.4. The molecule has 1 aliphatic rings. The average molecular weight is 432 g/mol. The van der Waals surface area contributed by atoms with Crippen LogP contribution in [0.2, 0.25) is 0 Å². The molecule has 3 rings (SSSR count). The summed E-state index contributed by atoms with van der Waals surface area (Å²) in [5, 5.41) is 19.1. The molecule has 1 aliphatic carbocycles. The van der Waals surface area contributed by atoms with E-state index in [1.807, 2.05) is 0 Å². The summed E-state index contributed by atoms with van der Waals surface area (Å²) in [5.41, 5.74) is 1.50. The number of carbonyl (C=O) groups is 2. The van der Waals surface area contributed by atoms with Crippen molar-refractivity contribution in [1.29, 1.82) is 0 Å². The van der Waals surface area contributed by atoms with E-state index in [0.29, 0.717) is 40.5 Å². The highest BCUT2D eigenvalue weighted by molar-refractivity contribution is 7.78. The van der Waals surface area contributed by atoms with Crippen LogP contribution in [0.25, 0.3) is 11.1 Å². The van der Waals surface area contributed by atoms with E-state index in [9.17, 15) is 28.6 Å². The van der Waals surface area contributed by atoms with E-state index >= 15 is 0 Å². The number of benzene rings is 2. The van der Waals surface area contributed by atoms with Crippen molar-refractivity contribution in [2.45, 2.75) is 38.4 Å². The summed E-state index contributed by atoms with van der Waals surface area (Å²) in [6.45, 7) is 2.11. The van der Waals surface area contributed by atoms with Crippen LogP contribution in [0.15, 0.2) is 30.3 Å². The summed E-state index contributed by atoms with van der Waals surface area (Å²) in [7, 11) is 0. The lowest BCUT2D eigenvalue weighted by Crippen LogP contribution is -2.10. The third-order valence-electron chi connectivity index (χ3n) is 5.40. The molecule has 0 aliphatic heterocycles. The fourth-order valence-electron chi connectivity index (χ4n) is 3.87. The Hall–Kier alpha value is -2.71. The maximum atomic E-state index is 11.9. The third-order valence-corrected chi connectivity index (χ3v) is 5.98. The number of aromatic carboxylic acids is 2. The molecule has 0 heterocycles. The standard InChI is InChI=1S/C22H24O7S/c1-13-8-17(19(22(25)26)10-16(13)21(23)24)18-9-15(12-30(27)28)6-7-20(18)29-11-14-4-2-3-5-14/h6-10,14H,2-5,11-12H2,1H3,(H,23,24)(H,25,26)(H,27,28). The number of carboxylic acids is 2. The Morgan fingerprint density at radius 2 is 1.70 bits per heavy atom. The second kappa shape index (κ2) is 9.40. The molecule has 160 valence electrons. The first-order valence-corrected chi connectivity index (χ1v) is 11.0. The fraction of sp³-hybridized carbons (Fsp3) is 0.364. The minimum atomic E-state index is -2.06. The zero-order valence-corrected chi connectivity index (χ0v) is 17.4. The number of hydrogen-bond donors (Lipinski definition) is 3. The van der Waals surface area contributed by atoms with Gasteiger partial charge in [0.05, 0.1) is 23.5 Å². The predicted octanol–water partition coefficient (Wildman–Crippen LogP) is 4.35. The van der Waals surface area contributed by atoms with Gasteiger partial charge in [0.25, 0.3) is 0 Å². The zero-order chi connectivity index (χ0) is 21.8. The van der Waals surface area contributed by atoms with Crippen molar-refractivity contribution in [2.75, 3.05) is 6.61 Å². The molecule has 0 radical (unpaired) electrons. The maximum Gasteiger partial charge on any atom is 0.336 e. The number of ether oxygens (including phenoxy) is 1. The number of carboxylic acid groups (broad SMARTS) is 2. The number of aryl methyl sites for hydroxylation is 1. The van der Waals surface area contributed by atoms with Gasteiger partial charge in [0, 0.05) is 11.1 Å². The van der Waals surface area contributed by atoms with Crippen LogP contribution in [-0.2, 0) is 16.8 Å². The SMILES string of the molecule is Cc1cc(-c2cc(CS(=O)O)ccc2OCC2CCCC2)c(C(=O)O)cc1C(=O)O. The monoisotopic (exact) mass is 432 g/mol. The second-order valence-electron chi connectivity index (χ2n) is 7.58. The van der Waals surface area contributed by atoms with Crippen LogP contribution in [-0.4, -0.2) is 37.5 Å². The Balaban J connectivity index is 2.10. The second-order valence-corrected chi connectivity index (χ2v) is 8.51. The van der Waals surface area contributed by atoms with Crippen molar-refractivity contribution in [3.8, 4) is 16.9 Å². The van der Waals surface area contributed by atoms with Gasteiger partial charge in [-0.2, -0.15) is 0 Å². The summed E-state index contributed by atoms with van der Waals surface area (Å²) < 4.78 is 26.6. The molecule has 1 atom stereocenters. The van der Waals surface area contributed by atoms with Gasteiger partial charge >= 0.3 is 11.9 Å². The van der Waals surface area contributed by atoms with E-state index < -0.39 is 23.0 Å². The Labute approximate surface area is 177 Å². The molecule has 1 unspecified atom stereocenters. The Morgan fingerprint density at radius 1 is 1.03 bits per heavy atom. The Morgan fingerprint density at radius 3 is 2.30 bits per heavy atom. The van der Waals surface area contributed by atoms with Crippen molar-refractivity contribution in [1.82, 2.24) is 0 Å². The van der Waals surface area contributed by atoms with Crippen molar-refractivity contribution < 1.29 is 33.3 Å². The molecule has 2 aromatic rings. The van der Waals surface area contributed by atoms with Crippen LogP contribution in [0.3, 0.4) is 0 Å². The van der Waals surface area contributed by atoms with Gasteiger partial charge in [-0.25, -0.2) is 13.8 Å². The van der Waals surface area contributed by atoms with E-state index in [0.717, 1.165) is 18.9 Å². The number of rotatable bonds is 8. The molecule has 1 fully saturated rings. The molecule has 1 saturated carbocycles. The molecular formula is C22H24O7S. The highest BCUT2D eigenvalue weighted by atomic mass is 32.2. The highest BCUT2D eigenvalue weighted by Crippen LogP contribution is 2.36. The molecule has 0 amide bonds. The van der Waals surface area contributed by atoms with Gasteiger partial charge < -0.3 is 19.5 Å². The molecule has 0 saturated heterocycles. The van der Waals surface area contributed by atoms with Gasteiger partial charge in [-0.1, -0.05) is 18.9 Å². The topological polar surface area (TPSA) is 121 Å². The molecule has 7 nitrogen and oxygen atoms in total. The van der Waals surface area contributed by atoms with Crippen LogP contribution >= 0.6 is 0 Å². The minimum Gasteiger partial charge on any atom is -0.493 e. The largest absolute Gasteiger partial charge is 0.493 e. The first-order valence-electron chi connectivity index (χ1n) is 9.71. The van der Waals surface area contributed by atoms with Gasteiger partial charge in [0.15, 0.2) is 11.1 Å². The molecule has 8 heteroatoms. The zero-order valence-electron chi connectivity index (χ0n) is 16.6. The normalized spacial score (nSPS) is 15.1. The van der Waals surface area contributed by atoms with Crippen LogP contribution in [0.1, 0.15) is 57.5 Å². The summed E-state index contributed by atoms with van der Waals surface area (Å²) in [6, 6.07) is 7.66. The third kappa shape index (κ3) is 5.06. The van der Waals surface area contributed by atoms with Gasteiger partial charge in [-0.3, -0.25) is 0 Å². The lowest BCUT2D eigenvalue weighted by Gasteiger charge is -2.18. The van der Waals surface area contributed by atoms with E-state index in [-0.39, 0.29) is 16.9 Å². The van der Waals surface area contributed by atoms with E-state index in [2.05, 4.69) is 0 Å². The molecule has 3 N–H and O–H groups in total. The van der Waals surface area contributed by atoms with Gasteiger partial charge in [-0.05, 0) is 61.1 Å². The highest BCUT2D eigenvalue weighted by Gasteiger charge is 2.22. The first kappa shape index (κ1) is 22.0. The molecular weight excluding hydrogens is 408 g/mol. The molecule has 0 bridgehead atoms. The van der Waals surface area contributed by atoms with Crippen LogP contribution < -0.4 is 4.74 Å². The fourth-order valence-corrected chi connectivity index (χ4v) is 4.33. The van der Waals surface area contributed by atoms with E-state index in [4.69, 9.17) is 4.74 Å². The number of hydrogen-bond acceptors (Lipinski definition) is 4. The predicted molar refractivity (Wildman–Crippen MR) is 112 cm³/mol. The van der Waals surface area contributed by atoms with Crippen LogP contribution in [0.5, 0.6) is 5.75 Å². The summed E-state index contributed by atoms with van der Waals surface area (Å²) >= 11 is -2.06. The molecule has 2 aromatic carbocycles. The lowest BCUT2D eigenvalue weighted by atomic mass is 9.92. The molecule has 0 aromatic heterocycles. The van der Waals surface area contributed by atoms with E-state index in [1.54, 1.807) is 25.1 Å². The van der Waals surface area contributed by atoms with Gasteiger partial charge in [0.1, 0.15) is 5.75 Å². The molecule has 30 heavy (non-hydrogen) atoms. The minimum absolute atomic E-state index is 0.0859. The Kier molecular flexibility index (Phi) is 6.89. The lowest BCUT2D eigenvalue weighted by molar-refractivity contribution is 0.0695. The van der Waals surface area contributed by atoms with Crippen molar-refractivity contribution in [3.63, 3.8) is 0 Å². The van der Waals surface area contributed by atoms with E-state index in [1.165, 1.54) is 18.9 Å². The van der Waals surface area contributed by atoms with Crippen molar-refractivity contribution in [2.24, 2.45) is 5.92 Å². The van der Waals surface area contributed by atoms with Gasteiger partial charge in [-0.15, -0.1) is 0 Å². The average Bonchev–Trinajstić information content (AvgIpc) is 3.19. The smallest absolute Gasteiger partial charge is 0.336 e. The maximum absolute atomic E-state index is 11.9. The first-order chi connectivity index (χ1) is 14.3. The summed E-state index contributed by atoms with van der Waals surface area (Å²) in [6.07, 6.45) is 4.51.